The lowest BCUT2D eigenvalue weighted by Gasteiger charge is -2.17. The largest absolute Gasteiger partial charge is 0.481 e. The monoisotopic (exact) mass is 239 g/mol. The van der Waals surface area contributed by atoms with Crippen molar-refractivity contribution in [2.75, 3.05) is 0 Å². The zero-order chi connectivity index (χ0) is 12.9. The quantitative estimate of drug-likeness (QED) is 0.791. The highest BCUT2D eigenvalue weighted by molar-refractivity contribution is 5.73. The number of carboxylic acid groups (broad SMARTS) is 1. The van der Waals surface area contributed by atoms with Crippen LogP contribution in [0.5, 0.6) is 0 Å². The van der Waals surface area contributed by atoms with Crippen molar-refractivity contribution in [2.45, 2.75) is 53.0 Å². The van der Waals surface area contributed by atoms with Gasteiger partial charge in [-0.3, -0.25) is 9.48 Å². The Balaban J connectivity index is 2.38. The SMILES string of the molecule is CCCn1cc(CCCC(C)(C)C(=O)O)nn1. The van der Waals surface area contributed by atoms with Gasteiger partial charge in [-0.25, -0.2) is 0 Å². The first kappa shape index (κ1) is 13.7. The number of nitrogens with zero attached hydrogens (tertiary/aromatic N) is 3. The predicted octanol–water partition coefficient (Wildman–Crippen LogP) is 2.12. The number of rotatable bonds is 7. The second-order valence-electron chi connectivity index (χ2n) is 5.02. The fourth-order valence-electron chi connectivity index (χ4n) is 1.61. The Morgan fingerprint density at radius 3 is 2.82 bits per heavy atom. The van der Waals surface area contributed by atoms with Gasteiger partial charge in [-0.05, 0) is 39.5 Å². The van der Waals surface area contributed by atoms with Gasteiger partial charge in [-0.15, -0.1) is 5.10 Å². The maximum atomic E-state index is 10.9. The van der Waals surface area contributed by atoms with E-state index in [4.69, 9.17) is 5.11 Å². The highest BCUT2D eigenvalue weighted by Gasteiger charge is 2.26. The summed E-state index contributed by atoms with van der Waals surface area (Å²) in [7, 11) is 0. The third-order valence-electron chi connectivity index (χ3n) is 2.85. The molecule has 0 aliphatic carbocycles. The number of carbonyl (C=O) groups is 1. The molecule has 0 aliphatic rings. The Kier molecular flexibility index (Phi) is 4.66. The molecule has 0 radical (unpaired) electrons. The van der Waals surface area contributed by atoms with E-state index in [9.17, 15) is 4.79 Å². The van der Waals surface area contributed by atoms with Gasteiger partial charge in [-0.1, -0.05) is 12.1 Å². The Hall–Kier alpha value is -1.39. The van der Waals surface area contributed by atoms with Crippen LogP contribution in [0.15, 0.2) is 6.20 Å². The second-order valence-corrected chi connectivity index (χ2v) is 5.02. The van der Waals surface area contributed by atoms with Gasteiger partial charge in [0, 0.05) is 12.7 Å². The minimum Gasteiger partial charge on any atom is -0.481 e. The van der Waals surface area contributed by atoms with Crippen molar-refractivity contribution < 1.29 is 9.90 Å². The highest BCUT2D eigenvalue weighted by atomic mass is 16.4. The molecule has 0 amide bonds. The second kappa shape index (κ2) is 5.80. The molecule has 0 spiro atoms. The minimum absolute atomic E-state index is 0.653. The average molecular weight is 239 g/mol. The minimum atomic E-state index is -0.743. The van der Waals surface area contributed by atoms with Crippen molar-refractivity contribution in [2.24, 2.45) is 5.41 Å². The average Bonchev–Trinajstić information content (AvgIpc) is 2.66. The summed E-state index contributed by atoms with van der Waals surface area (Å²) in [5, 5.41) is 17.1. The van der Waals surface area contributed by atoms with Crippen molar-refractivity contribution in [3.63, 3.8) is 0 Å². The fraction of sp³-hybridized carbons (Fsp3) is 0.750. The molecule has 0 fully saturated rings. The summed E-state index contributed by atoms with van der Waals surface area (Å²) in [6, 6.07) is 0. The lowest BCUT2D eigenvalue weighted by Crippen LogP contribution is -2.23. The van der Waals surface area contributed by atoms with Crippen LogP contribution in [0.2, 0.25) is 0 Å². The Morgan fingerprint density at radius 2 is 2.24 bits per heavy atom. The molecule has 5 heteroatoms. The van der Waals surface area contributed by atoms with Gasteiger partial charge in [0.2, 0.25) is 0 Å². The van der Waals surface area contributed by atoms with Crippen molar-refractivity contribution in [1.82, 2.24) is 15.0 Å². The van der Waals surface area contributed by atoms with Crippen molar-refractivity contribution in [3.05, 3.63) is 11.9 Å². The third kappa shape index (κ3) is 4.17. The predicted molar refractivity (Wildman–Crippen MR) is 64.7 cm³/mol. The molecule has 5 nitrogen and oxygen atoms in total. The number of carboxylic acids is 1. The first-order valence-electron chi connectivity index (χ1n) is 6.08. The zero-order valence-corrected chi connectivity index (χ0v) is 10.8. The van der Waals surface area contributed by atoms with Crippen LogP contribution >= 0.6 is 0 Å². The molecular formula is C12H21N3O2. The number of aryl methyl sites for hydroxylation is 2. The van der Waals surface area contributed by atoms with Gasteiger partial charge in [-0.2, -0.15) is 0 Å². The van der Waals surface area contributed by atoms with Gasteiger partial charge >= 0.3 is 5.97 Å². The molecular weight excluding hydrogens is 218 g/mol. The molecule has 1 rings (SSSR count). The lowest BCUT2D eigenvalue weighted by atomic mass is 9.87. The van der Waals surface area contributed by atoms with Crippen molar-refractivity contribution in [1.29, 1.82) is 0 Å². The van der Waals surface area contributed by atoms with Gasteiger partial charge in [0.25, 0.3) is 0 Å². The smallest absolute Gasteiger partial charge is 0.309 e. The van der Waals surface area contributed by atoms with Crippen LogP contribution in [0.25, 0.3) is 0 Å². The van der Waals surface area contributed by atoms with Gasteiger partial charge in [0.15, 0.2) is 0 Å². The summed E-state index contributed by atoms with van der Waals surface area (Å²) in [4.78, 5) is 10.9. The maximum absolute atomic E-state index is 10.9. The summed E-state index contributed by atoms with van der Waals surface area (Å²) in [5.74, 6) is -0.743. The van der Waals surface area contributed by atoms with E-state index in [0.29, 0.717) is 6.42 Å². The van der Waals surface area contributed by atoms with E-state index in [1.165, 1.54) is 0 Å². The van der Waals surface area contributed by atoms with Crippen LogP contribution in [0, 0.1) is 5.41 Å². The molecule has 0 bridgehead atoms. The normalized spacial score (nSPS) is 11.7. The number of hydrogen-bond donors (Lipinski definition) is 1. The van der Waals surface area contributed by atoms with Crippen molar-refractivity contribution >= 4 is 5.97 Å². The maximum Gasteiger partial charge on any atom is 0.309 e. The number of aromatic nitrogens is 3. The molecule has 96 valence electrons. The summed E-state index contributed by atoms with van der Waals surface area (Å²) >= 11 is 0. The third-order valence-corrected chi connectivity index (χ3v) is 2.85. The summed E-state index contributed by atoms with van der Waals surface area (Å²) < 4.78 is 1.83. The van der Waals surface area contributed by atoms with E-state index >= 15 is 0 Å². The molecule has 1 heterocycles. The number of hydrogen-bond acceptors (Lipinski definition) is 3. The first-order chi connectivity index (χ1) is 7.95. The van der Waals surface area contributed by atoms with E-state index in [0.717, 1.165) is 31.5 Å². The van der Waals surface area contributed by atoms with Crippen LogP contribution in [0.1, 0.15) is 45.7 Å². The zero-order valence-electron chi connectivity index (χ0n) is 10.8. The van der Waals surface area contributed by atoms with Crippen molar-refractivity contribution in [3.8, 4) is 0 Å². The Morgan fingerprint density at radius 1 is 1.53 bits per heavy atom. The Bertz CT molecular complexity index is 372. The summed E-state index contributed by atoms with van der Waals surface area (Å²) in [5.41, 5.74) is 0.291. The van der Waals surface area contributed by atoms with Crippen LogP contribution in [-0.2, 0) is 17.8 Å². The van der Waals surface area contributed by atoms with Crippen LogP contribution in [-0.4, -0.2) is 26.1 Å². The molecule has 0 atom stereocenters. The van der Waals surface area contributed by atoms with Crippen LogP contribution < -0.4 is 0 Å². The van der Waals surface area contributed by atoms with E-state index in [1.54, 1.807) is 13.8 Å². The van der Waals surface area contributed by atoms with E-state index in [2.05, 4.69) is 17.2 Å². The van der Waals surface area contributed by atoms with Gasteiger partial charge < -0.3 is 5.11 Å². The molecule has 0 aliphatic heterocycles. The molecule has 17 heavy (non-hydrogen) atoms. The lowest BCUT2D eigenvalue weighted by molar-refractivity contribution is -0.147. The van der Waals surface area contributed by atoms with Crippen LogP contribution in [0.3, 0.4) is 0 Å². The summed E-state index contributed by atoms with van der Waals surface area (Å²) in [6.07, 6.45) is 5.25. The fourth-order valence-corrected chi connectivity index (χ4v) is 1.61. The number of aliphatic carboxylic acids is 1. The van der Waals surface area contributed by atoms with E-state index < -0.39 is 11.4 Å². The van der Waals surface area contributed by atoms with E-state index in [1.807, 2.05) is 10.9 Å². The van der Waals surface area contributed by atoms with E-state index in [-0.39, 0.29) is 0 Å². The molecule has 0 unspecified atom stereocenters. The van der Waals surface area contributed by atoms with Gasteiger partial charge in [0.1, 0.15) is 0 Å². The molecule has 0 saturated heterocycles. The molecule has 1 N–H and O–H groups in total. The molecule has 0 aromatic carbocycles. The van der Waals surface area contributed by atoms with Crippen LogP contribution in [0.4, 0.5) is 0 Å². The molecule has 0 saturated carbocycles. The Labute approximate surface area is 102 Å². The molecule has 1 aromatic heterocycles. The molecule has 1 aromatic rings. The summed E-state index contributed by atoms with van der Waals surface area (Å²) in [6.45, 7) is 6.48. The standard InChI is InChI=1S/C12H21N3O2/c1-4-8-15-9-10(13-14-15)6-5-7-12(2,3)11(16)17/h9H,4-8H2,1-3H3,(H,16,17). The first-order valence-corrected chi connectivity index (χ1v) is 6.08. The van der Waals surface area contributed by atoms with Gasteiger partial charge in [0.05, 0.1) is 11.1 Å². The topological polar surface area (TPSA) is 68.0 Å². The highest BCUT2D eigenvalue weighted by Crippen LogP contribution is 2.23.